The van der Waals surface area contributed by atoms with Crippen molar-refractivity contribution in [1.29, 1.82) is 0 Å². The van der Waals surface area contributed by atoms with Crippen molar-refractivity contribution in [3.05, 3.63) is 105 Å². The highest BCUT2D eigenvalue weighted by Crippen LogP contribution is 2.31. The number of rotatable bonds is 5. The zero-order valence-electron chi connectivity index (χ0n) is 17.6. The van der Waals surface area contributed by atoms with E-state index >= 15 is 0 Å². The highest BCUT2D eigenvalue weighted by Gasteiger charge is 2.33. The summed E-state index contributed by atoms with van der Waals surface area (Å²) in [6.45, 7) is 3.65. The predicted molar refractivity (Wildman–Crippen MR) is 128 cm³/mol. The van der Waals surface area contributed by atoms with Gasteiger partial charge in [-0.3, -0.25) is 19.5 Å². The Bertz CT molecular complexity index is 1470. The highest BCUT2D eigenvalue weighted by molar-refractivity contribution is 9.10. The van der Waals surface area contributed by atoms with Crippen molar-refractivity contribution < 1.29 is 14.5 Å². The van der Waals surface area contributed by atoms with Crippen molar-refractivity contribution in [2.75, 3.05) is 6.61 Å². The summed E-state index contributed by atoms with van der Waals surface area (Å²) in [6.07, 6.45) is 1.66. The van der Waals surface area contributed by atoms with E-state index in [4.69, 9.17) is 4.74 Å². The van der Waals surface area contributed by atoms with Crippen molar-refractivity contribution in [3.63, 3.8) is 0 Å². The number of carbonyl (C=O) groups excluding carboxylic acids is 1. The number of benzene rings is 2. The largest absolute Gasteiger partial charge is 0.463 e. The van der Waals surface area contributed by atoms with Crippen LogP contribution in [0.25, 0.3) is 6.08 Å². The van der Waals surface area contributed by atoms with Crippen LogP contribution in [0.4, 0.5) is 5.69 Å². The van der Waals surface area contributed by atoms with E-state index in [0.717, 1.165) is 10.0 Å². The normalized spacial score (nSPS) is 15.7. The highest BCUT2D eigenvalue weighted by atomic mass is 79.9. The third kappa shape index (κ3) is 4.44. The topological polar surface area (TPSA) is 104 Å². The summed E-state index contributed by atoms with van der Waals surface area (Å²) in [4.78, 5) is 41.8. The van der Waals surface area contributed by atoms with Crippen LogP contribution in [-0.4, -0.2) is 22.1 Å². The van der Waals surface area contributed by atoms with E-state index in [0.29, 0.717) is 26.2 Å². The first-order valence-corrected chi connectivity index (χ1v) is 11.6. The summed E-state index contributed by atoms with van der Waals surface area (Å²) < 4.78 is 8.00. The van der Waals surface area contributed by atoms with Gasteiger partial charge in [-0.05, 0) is 55.3 Å². The lowest BCUT2D eigenvalue weighted by Crippen LogP contribution is -2.39. The second-order valence-electron chi connectivity index (χ2n) is 7.21. The Morgan fingerprint density at radius 1 is 1.30 bits per heavy atom. The van der Waals surface area contributed by atoms with Gasteiger partial charge in [0, 0.05) is 16.6 Å². The minimum absolute atomic E-state index is 0.0297. The first kappa shape index (κ1) is 22.8. The number of halogens is 1. The molecule has 1 unspecified atom stereocenters. The molecule has 2 heterocycles. The number of ether oxygens (including phenoxy) is 1. The van der Waals surface area contributed by atoms with E-state index in [1.807, 2.05) is 24.3 Å². The van der Waals surface area contributed by atoms with Crippen LogP contribution in [0, 0.1) is 10.1 Å². The molecule has 0 N–H and O–H groups in total. The molecule has 0 radical (unpaired) electrons. The third-order valence-electron chi connectivity index (χ3n) is 5.08. The number of non-ortho nitro benzene ring substituents is 1. The first-order chi connectivity index (χ1) is 15.8. The smallest absolute Gasteiger partial charge is 0.338 e. The van der Waals surface area contributed by atoms with Gasteiger partial charge in [0.2, 0.25) is 0 Å². The fourth-order valence-electron chi connectivity index (χ4n) is 3.63. The third-order valence-corrected chi connectivity index (χ3v) is 6.56. The molecule has 0 saturated heterocycles. The Morgan fingerprint density at radius 3 is 2.67 bits per heavy atom. The maximum absolute atomic E-state index is 13.5. The second kappa shape index (κ2) is 9.24. The van der Waals surface area contributed by atoms with Crippen LogP contribution in [0.3, 0.4) is 0 Å². The van der Waals surface area contributed by atoms with Crippen LogP contribution in [-0.2, 0) is 9.53 Å². The molecule has 1 atom stereocenters. The summed E-state index contributed by atoms with van der Waals surface area (Å²) >= 11 is 4.66. The number of nitro groups is 1. The van der Waals surface area contributed by atoms with Crippen molar-refractivity contribution in [2.24, 2.45) is 4.99 Å². The summed E-state index contributed by atoms with van der Waals surface area (Å²) in [5, 5.41) is 10.9. The molecule has 1 aliphatic rings. The van der Waals surface area contributed by atoms with Gasteiger partial charge >= 0.3 is 5.97 Å². The number of allylic oxidation sites excluding steroid dienone is 1. The van der Waals surface area contributed by atoms with Gasteiger partial charge in [0.05, 0.1) is 33.4 Å². The predicted octanol–water partition coefficient (Wildman–Crippen LogP) is 3.47. The van der Waals surface area contributed by atoms with Crippen molar-refractivity contribution >= 4 is 45.0 Å². The Kier molecular flexibility index (Phi) is 6.39. The zero-order valence-corrected chi connectivity index (χ0v) is 20.1. The summed E-state index contributed by atoms with van der Waals surface area (Å²) in [5.41, 5.74) is 1.84. The standard InChI is InChI=1S/C23H18BrN3O5S/c1-3-32-22(29)19-13(2)25-23-26(20(19)15-5-4-6-16(24)12-15)21(28)18(33-23)11-14-7-9-17(10-8-14)27(30)31/h4-12,20H,3H2,1-2H3/b18-11+. The number of fused-ring (bicyclic) bond motifs is 1. The Labute approximate surface area is 200 Å². The molecule has 8 nitrogen and oxygen atoms in total. The number of esters is 1. The van der Waals surface area contributed by atoms with E-state index in [1.165, 1.54) is 28.0 Å². The van der Waals surface area contributed by atoms with Gasteiger partial charge in [-0.2, -0.15) is 0 Å². The molecule has 0 spiro atoms. The van der Waals surface area contributed by atoms with E-state index in [-0.39, 0.29) is 17.9 Å². The van der Waals surface area contributed by atoms with Gasteiger partial charge in [-0.15, -0.1) is 0 Å². The lowest BCUT2D eigenvalue weighted by molar-refractivity contribution is -0.384. The Balaban J connectivity index is 1.92. The van der Waals surface area contributed by atoms with E-state index in [2.05, 4.69) is 20.9 Å². The first-order valence-electron chi connectivity index (χ1n) is 9.99. The maximum Gasteiger partial charge on any atom is 0.338 e. The average Bonchev–Trinajstić information content (AvgIpc) is 3.07. The summed E-state index contributed by atoms with van der Waals surface area (Å²) in [7, 11) is 0. The molecule has 0 saturated carbocycles. The molecular weight excluding hydrogens is 510 g/mol. The second-order valence-corrected chi connectivity index (χ2v) is 9.13. The van der Waals surface area contributed by atoms with Crippen LogP contribution < -0.4 is 14.9 Å². The minimum atomic E-state index is -0.697. The van der Waals surface area contributed by atoms with Crippen LogP contribution in [0.2, 0.25) is 0 Å². The van der Waals surface area contributed by atoms with Gasteiger partial charge < -0.3 is 4.74 Å². The average molecular weight is 528 g/mol. The quantitative estimate of drug-likeness (QED) is 0.287. The van der Waals surface area contributed by atoms with E-state index in [9.17, 15) is 19.7 Å². The number of nitrogens with zero attached hydrogens (tertiary/aromatic N) is 3. The molecule has 3 aromatic rings. The maximum atomic E-state index is 13.5. The molecular formula is C23H18BrN3O5S. The lowest BCUT2D eigenvalue weighted by Gasteiger charge is -2.24. The number of carbonyl (C=O) groups is 1. The number of hydrogen-bond donors (Lipinski definition) is 0. The molecule has 10 heteroatoms. The summed E-state index contributed by atoms with van der Waals surface area (Å²) in [5.74, 6) is -0.520. The molecule has 4 rings (SSSR count). The van der Waals surface area contributed by atoms with E-state index in [1.54, 1.807) is 32.1 Å². The van der Waals surface area contributed by atoms with Crippen molar-refractivity contribution in [1.82, 2.24) is 4.57 Å². The fraction of sp³-hybridized carbons (Fsp3) is 0.174. The molecule has 168 valence electrons. The van der Waals surface area contributed by atoms with Crippen LogP contribution in [0.5, 0.6) is 0 Å². The zero-order chi connectivity index (χ0) is 23.7. The van der Waals surface area contributed by atoms with Gasteiger partial charge in [-0.1, -0.05) is 39.4 Å². The minimum Gasteiger partial charge on any atom is -0.463 e. The summed E-state index contributed by atoms with van der Waals surface area (Å²) in [6, 6.07) is 12.6. The van der Waals surface area contributed by atoms with Gasteiger partial charge in [0.1, 0.15) is 0 Å². The van der Waals surface area contributed by atoms with Gasteiger partial charge in [0.25, 0.3) is 11.2 Å². The molecule has 2 aromatic carbocycles. The molecule has 0 bridgehead atoms. The molecule has 0 aliphatic carbocycles. The SMILES string of the molecule is CCOC(=O)C1=C(C)N=c2s/c(=C/c3ccc([N+](=O)[O-])cc3)c(=O)n2C1c1cccc(Br)c1. The van der Waals surface area contributed by atoms with Crippen LogP contribution >= 0.6 is 27.3 Å². The number of aromatic nitrogens is 1. The van der Waals surface area contributed by atoms with Crippen molar-refractivity contribution in [2.45, 2.75) is 19.9 Å². The van der Waals surface area contributed by atoms with Gasteiger partial charge in [0.15, 0.2) is 4.80 Å². The van der Waals surface area contributed by atoms with Crippen LogP contribution in [0.15, 0.2) is 74.1 Å². The molecule has 33 heavy (non-hydrogen) atoms. The molecule has 1 aliphatic heterocycles. The Hall–Kier alpha value is -3.37. The molecule has 0 fully saturated rings. The Morgan fingerprint density at radius 2 is 2.03 bits per heavy atom. The lowest BCUT2D eigenvalue weighted by atomic mass is 9.96. The number of nitro benzene ring substituents is 1. The number of hydrogen-bond acceptors (Lipinski definition) is 7. The van der Waals surface area contributed by atoms with E-state index < -0.39 is 16.9 Å². The fourth-order valence-corrected chi connectivity index (χ4v) is 5.09. The van der Waals surface area contributed by atoms with Gasteiger partial charge in [-0.25, -0.2) is 9.79 Å². The monoisotopic (exact) mass is 527 g/mol. The van der Waals surface area contributed by atoms with Crippen LogP contribution in [0.1, 0.15) is 31.0 Å². The number of thiazole rings is 1. The van der Waals surface area contributed by atoms with Crippen molar-refractivity contribution in [3.8, 4) is 0 Å². The molecule has 1 aromatic heterocycles. The molecule has 0 amide bonds.